The van der Waals surface area contributed by atoms with Crippen molar-refractivity contribution in [1.29, 1.82) is 5.26 Å². The molecule has 1 aromatic heterocycles. The Morgan fingerprint density at radius 3 is 3.17 bits per heavy atom. The van der Waals surface area contributed by atoms with Crippen LogP contribution in [0.3, 0.4) is 0 Å². The van der Waals surface area contributed by atoms with Crippen LogP contribution in [0.1, 0.15) is 18.7 Å². The van der Waals surface area contributed by atoms with Crippen molar-refractivity contribution in [2.75, 3.05) is 0 Å². The number of hydrogen-bond acceptors (Lipinski definition) is 2. The Hall–Kier alpha value is -1.30. The number of hydrogen-bond donors (Lipinski definition) is 0. The fraction of sp³-hybridized carbons (Fsp3) is 0.556. The van der Waals surface area contributed by atoms with Crippen molar-refractivity contribution in [3.63, 3.8) is 0 Å². The number of imidazole rings is 1. The van der Waals surface area contributed by atoms with E-state index in [-0.39, 0.29) is 0 Å². The Kier molecular flexibility index (Phi) is 1.83. The molecule has 0 unspecified atom stereocenters. The second kappa shape index (κ2) is 2.98. The molecule has 0 spiro atoms. The summed E-state index contributed by atoms with van der Waals surface area (Å²) in [5.41, 5.74) is 0. The van der Waals surface area contributed by atoms with Crippen molar-refractivity contribution in [3.8, 4) is 6.07 Å². The Labute approximate surface area is 71.6 Å². The molecule has 1 saturated carbocycles. The van der Waals surface area contributed by atoms with Crippen molar-refractivity contribution in [3.05, 3.63) is 18.2 Å². The van der Waals surface area contributed by atoms with Gasteiger partial charge in [0.05, 0.1) is 12.5 Å². The lowest BCUT2D eigenvalue weighted by Crippen LogP contribution is -2.03. The lowest BCUT2D eigenvalue weighted by molar-refractivity contribution is 0.604. The van der Waals surface area contributed by atoms with E-state index in [0.29, 0.717) is 6.42 Å². The molecular formula is C9H11N3. The monoisotopic (exact) mass is 161 g/mol. The summed E-state index contributed by atoms with van der Waals surface area (Å²) in [4.78, 5) is 4.13. The maximum atomic E-state index is 8.51. The zero-order valence-corrected chi connectivity index (χ0v) is 6.90. The highest BCUT2D eigenvalue weighted by Crippen LogP contribution is 2.30. The summed E-state index contributed by atoms with van der Waals surface area (Å²) in [6.07, 6.45) is 6.84. The average molecular weight is 161 g/mol. The highest BCUT2D eigenvalue weighted by Gasteiger charge is 2.22. The van der Waals surface area contributed by atoms with E-state index in [1.807, 2.05) is 6.20 Å². The van der Waals surface area contributed by atoms with Crippen molar-refractivity contribution in [2.45, 2.75) is 25.8 Å². The lowest BCUT2D eigenvalue weighted by Gasteiger charge is -2.02. The molecule has 1 aliphatic rings. The van der Waals surface area contributed by atoms with Gasteiger partial charge in [-0.1, -0.05) is 0 Å². The van der Waals surface area contributed by atoms with Gasteiger partial charge in [0, 0.05) is 18.9 Å². The van der Waals surface area contributed by atoms with Gasteiger partial charge in [-0.25, -0.2) is 4.98 Å². The third-order valence-corrected chi connectivity index (χ3v) is 2.19. The Morgan fingerprint density at radius 2 is 2.50 bits per heavy atom. The van der Waals surface area contributed by atoms with Crippen LogP contribution < -0.4 is 0 Å². The van der Waals surface area contributed by atoms with E-state index in [9.17, 15) is 0 Å². The van der Waals surface area contributed by atoms with Crippen LogP contribution in [-0.4, -0.2) is 9.55 Å². The number of nitrogens with zero attached hydrogens (tertiary/aromatic N) is 3. The number of nitriles is 1. The number of aromatic nitrogens is 2. The summed E-state index contributed by atoms with van der Waals surface area (Å²) >= 11 is 0. The van der Waals surface area contributed by atoms with Crippen molar-refractivity contribution >= 4 is 0 Å². The van der Waals surface area contributed by atoms with E-state index < -0.39 is 0 Å². The van der Waals surface area contributed by atoms with E-state index in [2.05, 4.69) is 15.6 Å². The molecule has 0 amide bonds. The zero-order chi connectivity index (χ0) is 8.39. The highest BCUT2D eigenvalue weighted by molar-refractivity contribution is 5.00. The molecule has 3 nitrogen and oxygen atoms in total. The quantitative estimate of drug-likeness (QED) is 0.671. The molecule has 0 aliphatic heterocycles. The van der Waals surface area contributed by atoms with Crippen molar-refractivity contribution in [1.82, 2.24) is 9.55 Å². The molecule has 0 N–H and O–H groups in total. The predicted molar refractivity (Wildman–Crippen MR) is 44.3 cm³/mol. The molecule has 1 heterocycles. The van der Waals surface area contributed by atoms with E-state index in [1.54, 1.807) is 6.20 Å². The molecule has 3 heteroatoms. The second-order valence-corrected chi connectivity index (χ2v) is 3.27. The van der Waals surface area contributed by atoms with Crippen LogP contribution in [0, 0.1) is 17.2 Å². The topological polar surface area (TPSA) is 41.6 Å². The Morgan fingerprint density at radius 1 is 1.67 bits per heavy atom. The minimum absolute atomic E-state index is 0.430. The SMILES string of the molecule is N#CCc1nccn1CC1CC1. The summed E-state index contributed by atoms with van der Waals surface area (Å²) < 4.78 is 2.10. The van der Waals surface area contributed by atoms with Crippen LogP contribution in [0.5, 0.6) is 0 Å². The maximum Gasteiger partial charge on any atom is 0.122 e. The molecule has 62 valence electrons. The summed E-state index contributed by atoms with van der Waals surface area (Å²) in [7, 11) is 0. The molecule has 0 aromatic carbocycles. The molecule has 0 bridgehead atoms. The molecule has 1 aliphatic carbocycles. The average Bonchev–Trinajstić information content (AvgIpc) is 2.76. The maximum absolute atomic E-state index is 8.51. The second-order valence-electron chi connectivity index (χ2n) is 3.27. The van der Waals surface area contributed by atoms with Gasteiger partial charge in [-0.3, -0.25) is 0 Å². The Bertz CT molecular complexity index is 304. The van der Waals surface area contributed by atoms with Crippen LogP contribution in [0.2, 0.25) is 0 Å². The zero-order valence-electron chi connectivity index (χ0n) is 6.90. The van der Waals surface area contributed by atoms with E-state index in [4.69, 9.17) is 5.26 Å². The number of rotatable bonds is 3. The molecule has 2 rings (SSSR count). The van der Waals surface area contributed by atoms with Gasteiger partial charge in [0.1, 0.15) is 5.82 Å². The van der Waals surface area contributed by atoms with Crippen LogP contribution >= 0.6 is 0 Å². The smallest absolute Gasteiger partial charge is 0.122 e. The lowest BCUT2D eigenvalue weighted by atomic mass is 10.4. The van der Waals surface area contributed by atoms with E-state index in [0.717, 1.165) is 18.3 Å². The van der Waals surface area contributed by atoms with Gasteiger partial charge < -0.3 is 4.57 Å². The van der Waals surface area contributed by atoms with Gasteiger partial charge in [-0.2, -0.15) is 5.26 Å². The first-order valence-corrected chi connectivity index (χ1v) is 4.27. The fourth-order valence-corrected chi connectivity index (χ4v) is 1.32. The molecular weight excluding hydrogens is 150 g/mol. The van der Waals surface area contributed by atoms with Crippen molar-refractivity contribution in [2.24, 2.45) is 5.92 Å². The Balaban J connectivity index is 2.07. The minimum atomic E-state index is 0.430. The van der Waals surface area contributed by atoms with Crippen LogP contribution in [-0.2, 0) is 13.0 Å². The molecule has 0 radical (unpaired) electrons. The normalized spacial score (nSPS) is 15.9. The molecule has 1 aromatic rings. The first-order chi connectivity index (χ1) is 5.90. The van der Waals surface area contributed by atoms with E-state index >= 15 is 0 Å². The van der Waals surface area contributed by atoms with Gasteiger partial charge in [-0.05, 0) is 18.8 Å². The highest BCUT2D eigenvalue weighted by atomic mass is 15.1. The van der Waals surface area contributed by atoms with Crippen LogP contribution in [0.4, 0.5) is 0 Å². The third kappa shape index (κ3) is 1.48. The van der Waals surface area contributed by atoms with E-state index in [1.165, 1.54) is 12.8 Å². The van der Waals surface area contributed by atoms with Crippen molar-refractivity contribution < 1.29 is 0 Å². The molecule has 0 saturated heterocycles. The van der Waals surface area contributed by atoms with Gasteiger partial charge in [0.25, 0.3) is 0 Å². The van der Waals surface area contributed by atoms with Crippen LogP contribution in [0.25, 0.3) is 0 Å². The van der Waals surface area contributed by atoms with Gasteiger partial charge >= 0.3 is 0 Å². The first-order valence-electron chi connectivity index (χ1n) is 4.27. The van der Waals surface area contributed by atoms with Crippen LogP contribution in [0.15, 0.2) is 12.4 Å². The third-order valence-electron chi connectivity index (χ3n) is 2.19. The molecule has 0 atom stereocenters. The largest absolute Gasteiger partial charge is 0.334 e. The standard InChI is InChI=1S/C9H11N3/c10-4-3-9-11-5-6-12(9)7-8-1-2-8/h5-6,8H,1-3,7H2. The van der Waals surface area contributed by atoms with Gasteiger partial charge in [0.2, 0.25) is 0 Å². The van der Waals surface area contributed by atoms with Gasteiger partial charge in [0.15, 0.2) is 0 Å². The summed E-state index contributed by atoms with van der Waals surface area (Å²) in [6, 6.07) is 2.12. The summed E-state index contributed by atoms with van der Waals surface area (Å²) in [5, 5.41) is 8.51. The molecule has 1 fully saturated rings. The fourth-order valence-electron chi connectivity index (χ4n) is 1.32. The first kappa shape index (κ1) is 7.35. The predicted octanol–water partition coefficient (Wildman–Crippen LogP) is 1.36. The summed E-state index contributed by atoms with van der Waals surface area (Å²) in [6.45, 7) is 1.05. The summed E-state index contributed by atoms with van der Waals surface area (Å²) in [5.74, 6) is 1.75. The van der Waals surface area contributed by atoms with Gasteiger partial charge in [-0.15, -0.1) is 0 Å². The minimum Gasteiger partial charge on any atom is -0.334 e. The molecule has 12 heavy (non-hydrogen) atoms.